The van der Waals surface area contributed by atoms with E-state index in [2.05, 4.69) is 10.3 Å². The van der Waals surface area contributed by atoms with Crippen molar-refractivity contribution in [2.75, 3.05) is 26.3 Å². The van der Waals surface area contributed by atoms with Gasteiger partial charge in [-0.15, -0.1) is 0 Å². The third-order valence-corrected chi connectivity index (χ3v) is 4.29. The Morgan fingerprint density at radius 3 is 2.54 bits per heavy atom. The minimum atomic E-state index is -0.503. The first-order chi connectivity index (χ1) is 11.5. The molecular formula is C17H23N3O4. The smallest absolute Gasteiger partial charge is 0.270 e. The van der Waals surface area contributed by atoms with Crippen LogP contribution in [-0.2, 0) is 9.47 Å². The Bertz CT molecular complexity index is 616. The van der Waals surface area contributed by atoms with E-state index >= 15 is 0 Å². The lowest BCUT2D eigenvalue weighted by Gasteiger charge is -2.37. The molecular weight excluding hydrogens is 310 g/mol. The summed E-state index contributed by atoms with van der Waals surface area (Å²) in [6.45, 7) is 6.15. The van der Waals surface area contributed by atoms with Gasteiger partial charge in [0.05, 0.1) is 13.2 Å². The van der Waals surface area contributed by atoms with Gasteiger partial charge >= 0.3 is 0 Å². The van der Waals surface area contributed by atoms with Crippen molar-refractivity contribution in [2.24, 2.45) is 0 Å². The van der Waals surface area contributed by atoms with Crippen LogP contribution in [0.4, 0.5) is 0 Å². The van der Waals surface area contributed by atoms with Gasteiger partial charge in [-0.25, -0.2) is 0 Å². The molecule has 0 aromatic carbocycles. The second kappa shape index (κ2) is 6.86. The average Bonchev–Trinajstić information content (AvgIpc) is 3.02. The Hall–Kier alpha value is -1.99. The fraction of sp³-hybridized carbons (Fsp3) is 0.588. The molecule has 1 aromatic heterocycles. The molecule has 1 spiro atoms. The van der Waals surface area contributed by atoms with Gasteiger partial charge in [-0.05, 0) is 26.0 Å². The summed E-state index contributed by atoms with van der Waals surface area (Å²) in [5.41, 5.74) is 0.730. The first-order valence-electron chi connectivity index (χ1n) is 8.33. The SMILES string of the molecule is CC(C)NC(=O)c1cc(C(=O)N2CCC3(CC2)OCCO3)ccn1. The molecule has 0 saturated carbocycles. The predicted molar refractivity (Wildman–Crippen MR) is 86.6 cm³/mol. The highest BCUT2D eigenvalue weighted by Crippen LogP contribution is 2.31. The number of piperidine rings is 1. The van der Waals surface area contributed by atoms with Gasteiger partial charge in [-0.3, -0.25) is 14.6 Å². The Balaban J connectivity index is 1.66. The topological polar surface area (TPSA) is 80.8 Å². The molecule has 7 nitrogen and oxygen atoms in total. The zero-order valence-corrected chi connectivity index (χ0v) is 14.1. The number of nitrogens with zero attached hydrogens (tertiary/aromatic N) is 2. The number of rotatable bonds is 3. The van der Waals surface area contributed by atoms with E-state index in [4.69, 9.17) is 9.47 Å². The van der Waals surface area contributed by atoms with Crippen molar-refractivity contribution < 1.29 is 19.1 Å². The van der Waals surface area contributed by atoms with Crippen molar-refractivity contribution in [1.29, 1.82) is 0 Å². The highest BCUT2D eigenvalue weighted by Gasteiger charge is 2.40. The van der Waals surface area contributed by atoms with Crippen LogP contribution in [0.3, 0.4) is 0 Å². The van der Waals surface area contributed by atoms with E-state index in [0.717, 1.165) is 0 Å². The van der Waals surface area contributed by atoms with Crippen LogP contribution < -0.4 is 5.32 Å². The molecule has 7 heteroatoms. The molecule has 0 bridgehead atoms. The third kappa shape index (κ3) is 3.57. The lowest BCUT2D eigenvalue weighted by molar-refractivity contribution is -0.181. The maximum absolute atomic E-state index is 12.7. The lowest BCUT2D eigenvalue weighted by Crippen LogP contribution is -2.47. The van der Waals surface area contributed by atoms with Crippen molar-refractivity contribution in [2.45, 2.75) is 38.5 Å². The van der Waals surface area contributed by atoms with Crippen LogP contribution in [-0.4, -0.2) is 59.8 Å². The molecule has 1 aromatic rings. The van der Waals surface area contributed by atoms with E-state index in [9.17, 15) is 9.59 Å². The quantitative estimate of drug-likeness (QED) is 0.899. The van der Waals surface area contributed by atoms with Crippen LogP contribution >= 0.6 is 0 Å². The van der Waals surface area contributed by atoms with Crippen molar-refractivity contribution in [3.63, 3.8) is 0 Å². The zero-order valence-electron chi connectivity index (χ0n) is 14.1. The summed E-state index contributed by atoms with van der Waals surface area (Å²) in [6, 6.07) is 3.21. The number of pyridine rings is 1. The van der Waals surface area contributed by atoms with Crippen LogP contribution in [0.25, 0.3) is 0 Å². The molecule has 0 radical (unpaired) electrons. The maximum Gasteiger partial charge on any atom is 0.270 e. The summed E-state index contributed by atoms with van der Waals surface area (Å²) in [5.74, 6) is -0.869. The summed E-state index contributed by atoms with van der Waals surface area (Å²) >= 11 is 0. The average molecular weight is 333 g/mol. The van der Waals surface area contributed by atoms with Gasteiger partial charge in [0, 0.05) is 43.7 Å². The van der Waals surface area contributed by atoms with E-state index in [1.807, 2.05) is 13.8 Å². The highest BCUT2D eigenvalue weighted by molar-refractivity contribution is 5.98. The van der Waals surface area contributed by atoms with E-state index in [0.29, 0.717) is 44.7 Å². The molecule has 1 N–H and O–H groups in total. The Labute approximate surface area is 141 Å². The molecule has 0 aliphatic carbocycles. The number of nitrogens with one attached hydrogen (secondary N) is 1. The van der Waals surface area contributed by atoms with Crippen LogP contribution in [0.15, 0.2) is 18.3 Å². The molecule has 0 atom stereocenters. The normalized spacial score (nSPS) is 19.7. The largest absolute Gasteiger partial charge is 0.349 e. The number of aromatic nitrogens is 1. The maximum atomic E-state index is 12.7. The van der Waals surface area contributed by atoms with E-state index in [1.165, 1.54) is 6.20 Å². The van der Waals surface area contributed by atoms with Gasteiger partial charge in [0.1, 0.15) is 5.69 Å². The second-order valence-electron chi connectivity index (χ2n) is 6.46. The number of amides is 2. The number of ether oxygens (including phenoxy) is 2. The molecule has 3 heterocycles. The van der Waals surface area contributed by atoms with Crippen LogP contribution in [0.1, 0.15) is 47.5 Å². The molecule has 2 amide bonds. The van der Waals surface area contributed by atoms with Gasteiger partial charge in [0.25, 0.3) is 11.8 Å². The summed E-state index contributed by atoms with van der Waals surface area (Å²) < 4.78 is 11.4. The molecule has 2 saturated heterocycles. The molecule has 2 fully saturated rings. The molecule has 24 heavy (non-hydrogen) atoms. The monoisotopic (exact) mass is 333 g/mol. The van der Waals surface area contributed by atoms with E-state index < -0.39 is 5.79 Å². The standard InChI is InChI=1S/C17H23N3O4/c1-12(2)19-15(21)14-11-13(3-6-18-14)16(22)20-7-4-17(5-8-20)23-9-10-24-17/h3,6,11-12H,4-5,7-10H2,1-2H3,(H,19,21). The molecule has 3 rings (SSSR count). The molecule has 130 valence electrons. The summed E-state index contributed by atoms with van der Waals surface area (Å²) in [6.07, 6.45) is 2.84. The number of likely N-dealkylation sites (tertiary alicyclic amines) is 1. The summed E-state index contributed by atoms with van der Waals surface area (Å²) in [5, 5.41) is 2.78. The lowest BCUT2D eigenvalue weighted by atomic mass is 10.0. The Kier molecular flexibility index (Phi) is 4.82. The number of carbonyl (C=O) groups is 2. The van der Waals surface area contributed by atoms with Crippen molar-refractivity contribution in [1.82, 2.24) is 15.2 Å². The fourth-order valence-corrected chi connectivity index (χ4v) is 3.04. The van der Waals surface area contributed by atoms with Crippen LogP contribution in [0.5, 0.6) is 0 Å². The number of hydrogen-bond acceptors (Lipinski definition) is 5. The van der Waals surface area contributed by atoms with Crippen molar-refractivity contribution in [3.8, 4) is 0 Å². The van der Waals surface area contributed by atoms with Crippen LogP contribution in [0, 0.1) is 0 Å². The molecule has 2 aliphatic rings. The third-order valence-electron chi connectivity index (χ3n) is 4.29. The molecule has 2 aliphatic heterocycles. The van der Waals surface area contributed by atoms with Gasteiger partial charge < -0.3 is 19.7 Å². The van der Waals surface area contributed by atoms with E-state index in [1.54, 1.807) is 17.0 Å². The first kappa shape index (κ1) is 16.9. The van der Waals surface area contributed by atoms with E-state index in [-0.39, 0.29) is 23.6 Å². The van der Waals surface area contributed by atoms with Crippen LogP contribution in [0.2, 0.25) is 0 Å². The second-order valence-corrected chi connectivity index (χ2v) is 6.46. The predicted octanol–water partition coefficient (Wildman–Crippen LogP) is 1.20. The number of hydrogen-bond donors (Lipinski definition) is 1. The fourth-order valence-electron chi connectivity index (χ4n) is 3.04. The first-order valence-corrected chi connectivity index (χ1v) is 8.33. The minimum absolute atomic E-state index is 0.0170. The molecule has 0 unspecified atom stereocenters. The Morgan fingerprint density at radius 1 is 1.25 bits per heavy atom. The van der Waals surface area contributed by atoms with Gasteiger partial charge in [0.15, 0.2) is 5.79 Å². The van der Waals surface area contributed by atoms with Crippen molar-refractivity contribution >= 4 is 11.8 Å². The van der Waals surface area contributed by atoms with Crippen molar-refractivity contribution in [3.05, 3.63) is 29.6 Å². The number of carbonyl (C=O) groups excluding carboxylic acids is 2. The van der Waals surface area contributed by atoms with Gasteiger partial charge in [-0.2, -0.15) is 0 Å². The highest BCUT2D eigenvalue weighted by atomic mass is 16.7. The van der Waals surface area contributed by atoms with Gasteiger partial charge in [-0.1, -0.05) is 0 Å². The summed E-state index contributed by atoms with van der Waals surface area (Å²) in [7, 11) is 0. The minimum Gasteiger partial charge on any atom is -0.349 e. The Morgan fingerprint density at radius 2 is 1.92 bits per heavy atom. The van der Waals surface area contributed by atoms with Gasteiger partial charge in [0.2, 0.25) is 0 Å². The summed E-state index contributed by atoms with van der Waals surface area (Å²) in [4.78, 5) is 30.6. The zero-order chi connectivity index (χ0) is 17.2.